The van der Waals surface area contributed by atoms with Crippen LogP contribution in [0, 0.1) is 0 Å². The Morgan fingerprint density at radius 2 is 2.24 bits per heavy atom. The highest BCUT2D eigenvalue weighted by molar-refractivity contribution is 7.99. The molecule has 0 aliphatic carbocycles. The molecule has 0 radical (unpaired) electrons. The van der Waals surface area contributed by atoms with E-state index in [1.807, 2.05) is 31.2 Å². The first-order valence-electron chi connectivity index (χ1n) is 8.10. The summed E-state index contributed by atoms with van der Waals surface area (Å²) in [6.45, 7) is 3.30. The maximum absolute atomic E-state index is 12.0. The fraction of sp³-hybridized carbons (Fsp3) is 0.438. The van der Waals surface area contributed by atoms with Gasteiger partial charge in [-0.25, -0.2) is 9.89 Å². The molecule has 1 amide bonds. The number of para-hydroxylation sites is 2. The number of nitrogens with zero attached hydrogens (tertiary/aromatic N) is 2. The van der Waals surface area contributed by atoms with Gasteiger partial charge in [0.15, 0.2) is 16.7 Å². The quantitative estimate of drug-likeness (QED) is 0.712. The van der Waals surface area contributed by atoms with Crippen LogP contribution in [0.25, 0.3) is 0 Å². The molecule has 0 unspecified atom stereocenters. The zero-order chi connectivity index (χ0) is 17.6. The van der Waals surface area contributed by atoms with E-state index in [0.717, 1.165) is 6.42 Å². The van der Waals surface area contributed by atoms with Gasteiger partial charge in [0, 0.05) is 6.54 Å². The third-order valence-corrected chi connectivity index (χ3v) is 4.57. The number of nitrogens with one attached hydrogen (secondary N) is 2. The Balaban J connectivity index is 1.45. The van der Waals surface area contributed by atoms with E-state index in [4.69, 9.17) is 9.47 Å². The molecular weight excluding hydrogens is 344 g/mol. The van der Waals surface area contributed by atoms with Gasteiger partial charge in [-0.2, -0.15) is 0 Å². The van der Waals surface area contributed by atoms with Gasteiger partial charge in [0.1, 0.15) is 12.7 Å². The third kappa shape index (κ3) is 4.36. The summed E-state index contributed by atoms with van der Waals surface area (Å²) in [7, 11) is 0. The minimum Gasteiger partial charge on any atom is -0.486 e. The van der Waals surface area contributed by atoms with Crippen LogP contribution in [0.4, 0.5) is 0 Å². The lowest BCUT2D eigenvalue weighted by Gasteiger charge is -2.26. The smallest absolute Gasteiger partial charge is 0.343 e. The van der Waals surface area contributed by atoms with E-state index in [9.17, 15) is 9.59 Å². The van der Waals surface area contributed by atoms with Gasteiger partial charge in [-0.1, -0.05) is 30.8 Å². The van der Waals surface area contributed by atoms with E-state index in [0.29, 0.717) is 36.4 Å². The van der Waals surface area contributed by atoms with E-state index >= 15 is 0 Å². The molecule has 25 heavy (non-hydrogen) atoms. The molecule has 0 spiro atoms. The molecule has 9 heteroatoms. The number of hydrogen-bond acceptors (Lipinski definition) is 6. The first-order chi connectivity index (χ1) is 12.2. The Hall–Kier alpha value is -2.42. The van der Waals surface area contributed by atoms with Crippen LogP contribution in [-0.4, -0.2) is 45.7 Å². The van der Waals surface area contributed by atoms with Gasteiger partial charge in [-0.3, -0.25) is 9.36 Å². The maximum Gasteiger partial charge on any atom is 0.343 e. The summed E-state index contributed by atoms with van der Waals surface area (Å²) >= 11 is 1.23. The minimum atomic E-state index is -0.254. The normalized spacial score (nSPS) is 15.8. The highest BCUT2D eigenvalue weighted by atomic mass is 32.2. The predicted octanol–water partition coefficient (Wildman–Crippen LogP) is 1.03. The van der Waals surface area contributed by atoms with Gasteiger partial charge >= 0.3 is 5.69 Å². The van der Waals surface area contributed by atoms with Crippen LogP contribution in [-0.2, 0) is 11.3 Å². The lowest BCUT2D eigenvalue weighted by atomic mass is 10.2. The zero-order valence-electron chi connectivity index (χ0n) is 13.9. The Bertz CT molecular complexity index is 788. The molecule has 1 aromatic heterocycles. The summed E-state index contributed by atoms with van der Waals surface area (Å²) in [6.07, 6.45) is 0.590. The van der Waals surface area contributed by atoms with Crippen molar-refractivity contribution in [3.8, 4) is 11.5 Å². The van der Waals surface area contributed by atoms with Crippen LogP contribution in [0.15, 0.2) is 34.2 Å². The number of thioether (sulfide) groups is 1. The fourth-order valence-electron chi connectivity index (χ4n) is 2.41. The van der Waals surface area contributed by atoms with E-state index < -0.39 is 0 Å². The highest BCUT2D eigenvalue weighted by Crippen LogP contribution is 2.30. The van der Waals surface area contributed by atoms with Crippen molar-refractivity contribution in [1.82, 2.24) is 20.1 Å². The topological polar surface area (TPSA) is 98.2 Å². The molecule has 1 aliphatic rings. The number of benzene rings is 1. The molecule has 2 aromatic rings. The molecule has 8 nitrogen and oxygen atoms in total. The van der Waals surface area contributed by atoms with Crippen LogP contribution in [0.3, 0.4) is 0 Å². The second kappa shape index (κ2) is 8.11. The lowest BCUT2D eigenvalue weighted by molar-refractivity contribution is -0.119. The second-order valence-corrected chi connectivity index (χ2v) is 6.50. The van der Waals surface area contributed by atoms with Crippen LogP contribution in [0.2, 0.25) is 0 Å². The van der Waals surface area contributed by atoms with Crippen molar-refractivity contribution in [2.45, 2.75) is 31.1 Å². The Labute approximate surface area is 148 Å². The van der Waals surface area contributed by atoms with Crippen LogP contribution >= 0.6 is 11.8 Å². The molecule has 0 saturated heterocycles. The van der Waals surface area contributed by atoms with Crippen molar-refractivity contribution in [3.63, 3.8) is 0 Å². The Kier molecular flexibility index (Phi) is 5.64. The Morgan fingerprint density at radius 1 is 1.44 bits per heavy atom. The number of H-pyrrole nitrogens is 1. The highest BCUT2D eigenvalue weighted by Gasteiger charge is 2.21. The first-order valence-corrected chi connectivity index (χ1v) is 9.09. The predicted molar refractivity (Wildman–Crippen MR) is 93.2 cm³/mol. The minimum absolute atomic E-state index is 0.147. The Morgan fingerprint density at radius 3 is 3.04 bits per heavy atom. The zero-order valence-corrected chi connectivity index (χ0v) is 14.7. The number of carbonyl (C=O) groups excluding carboxylic acids is 1. The van der Waals surface area contributed by atoms with E-state index in [1.54, 1.807) is 0 Å². The number of rotatable bonds is 7. The van der Waals surface area contributed by atoms with Crippen molar-refractivity contribution in [1.29, 1.82) is 0 Å². The van der Waals surface area contributed by atoms with Crippen LogP contribution < -0.4 is 20.5 Å². The van der Waals surface area contributed by atoms with Crippen molar-refractivity contribution in [2.24, 2.45) is 0 Å². The van der Waals surface area contributed by atoms with Gasteiger partial charge in [0.2, 0.25) is 5.91 Å². The molecule has 3 rings (SSSR count). The number of amides is 1. The molecule has 1 atom stereocenters. The van der Waals surface area contributed by atoms with Crippen molar-refractivity contribution in [3.05, 3.63) is 34.7 Å². The summed E-state index contributed by atoms with van der Waals surface area (Å²) in [5.41, 5.74) is -0.254. The molecule has 1 aromatic carbocycles. The largest absolute Gasteiger partial charge is 0.486 e. The number of ether oxygens (including phenoxy) is 2. The van der Waals surface area contributed by atoms with Gasteiger partial charge in [-0.05, 0) is 18.6 Å². The first kappa shape index (κ1) is 17.4. The number of carbonyl (C=O) groups is 1. The van der Waals surface area contributed by atoms with E-state index in [2.05, 4.69) is 15.5 Å². The molecule has 134 valence electrons. The standard InChI is InChI=1S/C16H20N4O4S/c1-2-7-20-15(22)18-19-16(20)25-10-14(21)17-8-11-9-23-12-5-3-4-6-13(12)24-11/h3-6,11H,2,7-10H2,1H3,(H,17,21)(H,18,22)/t11-/m0/s1. The van der Waals surface area contributed by atoms with Crippen molar-refractivity contribution < 1.29 is 14.3 Å². The van der Waals surface area contributed by atoms with Crippen molar-refractivity contribution >= 4 is 17.7 Å². The van der Waals surface area contributed by atoms with Gasteiger partial charge in [0.05, 0.1) is 12.3 Å². The van der Waals surface area contributed by atoms with E-state index in [1.165, 1.54) is 16.3 Å². The van der Waals surface area contributed by atoms with Gasteiger partial charge in [-0.15, -0.1) is 5.10 Å². The van der Waals surface area contributed by atoms with Crippen LogP contribution in [0.1, 0.15) is 13.3 Å². The SMILES string of the molecule is CCCn1c(SCC(=O)NC[C@H]2COc3ccccc3O2)n[nH]c1=O. The number of aromatic nitrogens is 3. The number of hydrogen-bond donors (Lipinski definition) is 2. The maximum atomic E-state index is 12.0. The molecular formula is C16H20N4O4S. The lowest BCUT2D eigenvalue weighted by Crippen LogP contribution is -2.41. The summed E-state index contributed by atoms with van der Waals surface area (Å²) < 4.78 is 12.9. The fourth-order valence-corrected chi connectivity index (χ4v) is 3.21. The number of aromatic amines is 1. The second-order valence-electron chi connectivity index (χ2n) is 5.55. The molecule has 0 saturated carbocycles. The summed E-state index contributed by atoms with van der Waals surface area (Å²) in [5.74, 6) is 1.43. The number of fused-ring (bicyclic) bond motifs is 1. The monoisotopic (exact) mass is 364 g/mol. The summed E-state index contributed by atoms with van der Waals surface area (Å²) in [6, 6.07) is 7.44. The molecule has 2 N–H and O–H groups in total. The summed E-state index contributed by atoms with van der Waals surface area (Å²) in [5, 5.41) is 9.70. The molecule has 2 heterocycles. The molecule has 1 aliphatic heterocycles. The van der Waals surface area contributed by atoms with Gasteiger partial charge in [0.25, 0.3) is 0 Å². The average molecular weight is 364 g/mol. The van der Waals surface area contributed by atoms with Crippen LogP contribution in [0.5, 0.6) is 11.5 Å². The third-order valence-electron chi connectivity index (χ3n) is 3.60. The molecule has 0 fully saturated rings. The molecule has 0 bridgehead atoms. The average Bonchev–Trinajstić information content (AvgIpc) is 2.98. The van der Waals surface area contributed by atoms with Crippen molar-refractivity contribution in [2.75, 3.05) is 18.9 Å². The summed E-state index contributed by atoms with van der Waals surface area (Å²) in [4.78, 5) is 23.6. The van der Waals surface area contributed by atoms with E-state index in [-0.39, 0.29) is 23.5 Å². The van der Waals surface area contributed by atoms with Gasteiger partial charge < -0.3 is 14.8 Å².